The van der Waals surface area contributed by atoms with E-state index in [0.29, 0.717) is 30.5 Å². The van der Waals surface area contributed by atoms with E-state index >= 15 is 0 Å². The Labute approximate surface area is 160 Å². The number of nitrogens with zero attached hydrogens (tertiary/aromatic N) is 1. The van der Waals surface area contributed by atoms with E-state index in [1.165, 1.54) is 12.5 Å². The molecule has 0 unspecified atom stereocenters. The van der Waals surface area contributed by atoms with Crippen molar-refractivity contribution in [2.24, 2.45) is 0 Å². The highest BCUT2D eigenvalue weighted by Crippen LogP contribution is 2.20. The van der Waals surface area contributed by atoms with Crippen LogP contribution in [0.15, 0.2) is 48.5 Å². The Morgan fingerprint density at radius 3 is 2.19 bits per heavy atom. The van der Waals surface area contributed by atoms with Crippen molar-refractivity contribution in [2.45, 2.75) is 33.1 Å². The third-order valence-electron chi connectivity index (χ3n) is 4.19. The van der Waals surface area contributed by atoms with Gasteiger partial charge in [0, 0.05) is 30.7 Å². The van der Waals surface area contributed by atoms with E-state index < -0.39 is 0 Å². The van der Waals surface area contributed by atoms with Gasteiger partial charge in [-0.2, -0.15) is 0 Å². The van der Waals surface area contributed by atoms with E-state index in [2.05, 4.69) is 19.2 Å². The summed E-state index contributed by atoms with van der Waals surface area (Å²) in [6.07, 6.45) is 0.292. The van der Waals surface area contributed by atoms with Crippen molar-refractivity contribution in [3.63, 3.8) is 0 Å². The zero-order valence-electron chi connectivity index (χ0n) is 15.5. The van der Waals surface area contributed by atoms with Crippen LogP contribution in [0.1, 0.15) is 37.8 Å². The highest BCUT2D eigenvalue weighted by atomic mass is 35.5. The van der Waals surface area contributed by atoms with Crippen LogP contribution in [-0.2, 0) is 16.0 Å². The zero-order valence-corrected chi connectivity index (χ0v) is 16.2. The molecular weight excluding hydrogens is 348 g/mol. The van der Waals surface area contributed by atoms with Gasteiger partial charge in [0.1, 0.15) is 0 Å². The molecule has 2 aromatic rings. The van der Waals surface area contributed by atoms with Gasteiger partial charge in [0.15, 0.2) is 0 Å². The van der Waals surface area contributed by atoms with Crippen molar-refractivity contribution < 1.29 is 9.59 Å². The summed E-state index contributed by atoms with van der Waals surface area (Å²) < 4.78 is 0. The molecular formula is C21H25ClN2O2. The summed E-state index contributed by atoms with van der Waals surface area (Å²) in [5.41, 5.74) is 2.97. The van der Waals surface area contributed by atoms with E-state index in [4.69, 9.17) is 11.6 Å². The summed E-state index contributed by atoms with van der Waals surface area (Å²) in [5, 5.41) is 3.51. The monoisotopic (exact) mass is 372 g/mol. The Hall–Kier alpha value is -2.33. The van der Waals surface area contributed by atoms with Crippen molar-refractivity contribution >= 4 is 29.1 Å². The second-order valence-corrected chi connectivity index (χ2v) is 7.01. The van der Waals surface area contributed by atoms with Gasteiger partial charge in [-0.3, -0.25) is 9.59 Å². The molecule has 0 saturated heterocycles. The molecule has 2 rings (SSSR count). The lowest BCUT2D eigenvalue weighted by atomic mass is 10.0. The van der Waals surface area contributed by atoms with E-state index in [9.17, 15) is 9.59 Å². The first-order valence-electron chi connectivity index (χ1n) is 8.76. The minimum Gasteiger partial charge on any atom is -0.354 e. The molecule has 0 aliphatic rings. The SMILES string of the molecule is CC(=O)N(CCNC(=O)Cc1ccc(Cl)cc1)c1ccc(C(C)C)cc1. The molecule has 0 bridgehead atoms. The minimum absolute atomic E-state index is 0.0470. The van der Waals surface area contributed by atoms with E-state index in [-0.39, 0.29) is 11.8 Å². The topological polar surface area (TPSA) is 49.4 Å². The lowest BCUT2D eigenvalue weighted by Crippen LogP contribution is -2.38. The van der Waals surface area contributed by atoms with Gasteiger partial charge in [-0.15, -0.1) is 0 Å². The highest BCUT2D eigenvalue weighted by molar-refractivity contribution is 6.30. The van der Waals surface area contributed by atoms with Crippen molar-refractivity contribution in [3.05, 3.63) is 64.7 Å². The number of nitrogens with one attached hydrogen (secondary N) is 1. The van der Waals surface area contributed by atoms with Crippen molar-refractivity contribution in [2.75, 3.05) is 18.0 Å². The molecule has 2 amide bonds. The molecule has 1 N–H and O–H groups in total. The third kappa shape index (κ3) is 5.88. The number of rotatable bonds is 7. The summed E-state index contributed by atoms with van der Waals surface area (Å²) in [6, 6.07) is 15.2. The lowest BCUT2D eigenvalue weighted by Gasteiger charge is -2.22. The van der Waals surface area contributed by atoms with Gasteiger partial charge in [0.2, 0.25) is 11.8 Å². The maximum absolute atomic E-state index is 12.1. The Kier molecular flexibility index (Phi) is 7.22. The van der Waals surface area contributed by atoms with Crippen molar-refractivity contribution in [1.29, 1.82) is 0 Å². The molecule has 0 heterocycles. The summed E-state index contributed by atoms with van der Waals surface area (Å²) in [5.74, 6) is 0.321. The molecule has 2 aromatic carbocycles. The molecule has 4 nitrogen and oxygen atoms in total. The van der Waals surface area contributed by atoms with Crippen LogP contribution in [0.2, 0.25) is 5.02 Å². The summed E-state index contributed by atoms with van der Waals surface area (Å²) in [6.45, 7) is 6.63. The smallest absolute Gasteiger partial charge is 0.224 e. The first kappa shape index (κ1) is 20.0. The molecule has 0 aromatic heterocycles. The quantitative estimate of drug-likeness (QED) is 0.792. The molecule has 0 spiro atoms. The van der Waals surface area contributed by atoms with Crippen LogP contribution in [0.4, 0.5) is 5.69 Å². The van der Waals surface area contributed by atoms with E-state index in [0.717, 1.165) is 11.3 Å². The number of halogens is 1. The number of hydrogen-bond donors (Lipinski definition) is 1. The Morgan fingerprint density at radius 1 is 1.04 bits per heavy atom. The first-order chi connectivity index (χ1) is 12.4. The van der Waals surface area contributed by atoms with Crippen molar-refractivity contribution in [3.8, 4) is 0 Å². The molecule has 0 fully saturated rings. The lowest BCUT2D eigenvalue weighted by molar-refractivity contribution is -0.121. The number of amides is 2. The number of anilines is 1. The second kappa shape index (κ2) is 9.39. The van der Waals surface area contributed by atoms with Crippen LogP contribution < -0.4 is 10.2 Å². The maximum atomic E-state index is 12.1. The highest BCUT2D eigenvalue weighted by Gasteiger charge is 2.12. The zero-order chi connectivity index (χ0) is 19.1. The standard InChI is InChI=1S/C21H25ClN2O2/c1-15(2)18-6-10-20(11-7-18)24(16(3)25)13-12-23-21(26)14-17-4-8-19(22)9-5-17/h4-11,15H,12-14H2,1-3H3,(H,23,26). The average Bonchev–Trinajstić information content (AvgIpc) is 2.60. The third-order valence-corrected chi connectivity index (χ3v) is 4.44. The van der Waals surface area contributed by atoms with Gasteiger partial charge in [0.25, 0.3) is 0 Å². The van der Waals surface area contributed by atoms with Crippen LogP contribution in [0.3, 0.4) is 0 Å². The average molecular weight is 373 g/mol. The summed E-state index contributed by atoms with van der Waals surface area (Å²) in [7, 11) is 0. The van der Waals surface area contributed by atoms with Crippen LogP contribution in [-0.4, -0.2) is 24.9 Å². The molecule has 0 radical (unpaired) electrons. The molecule has 138 valence electrons. The van der Waals surface area contributed by atoms with Gasteiger partial charge in [-0.25, -0.2) is 0 Å². The molecule has 5 heteroatoms. The fourth-order valence-corrected chi connectivity index (χ4v) is 2.79. The van der Waals surface area contributed by atoms with Crippen molar-refractivity contribution in [1.82, 2.24) is 5.32 Å². The second-order valence-electron chi connectivity index (χ2n) is 6.57. The van der Waals surface area contributed by atoms with Crippen LogP contribution in [0.5, 0.6) is 0 Å². The first-order valence-corrected chi connectivity index (χ1v) is 9.14. The van der Waals surface area contributed by atoms with Gasteiger partial charge in [-0.1, -0.05) is 49.7 Å². The molecule has 26 heavy (non-hydrogen) atoms. The molecule has 0 saturated carbocycles. The van der Waals surface area contributed by atoms with Gasteiger partial charge < -0.3 is 10.2 Å². The van der Waals surface area contributed by atoms with E-state index in [1.54, 1.807) is 17.0 Å². The predicted molar refractivity (Wildman–Crippen MR) is 107 cm³/mol. The fourth-order valence-electron chi connectivity index (χ4n) is 2.66. The normalized spacial score (nSPS) is 10.7. The molecule has 0 aliphatic heterocycles. The van der Waals surface area contributed by atoms with Crippen LogP contribution >= 0.6 is 11.6 Å². The predicted octanol–water partition coefficient (Wildman–Crippen LogP) is 4.18. The summed E-state index contributed by atoms with van der Waals surface area (Å²) >= 11 is 5.84. The fraction of sp³-hybridized carbons (Fsp3) is 0.333. The Morgan fingerprint density at radius 2 is 1.65 bits per heavy atom. The van der Waals surface area contributed by atoms with Crippen LogP contribution in [0, 0.1) is 0 Å². The number of carbonyl (C=O) groups excluding carboxylic acids is 2. The number of benzene rings is 2. The molecule has 0 aliphatic carbocycles. The minimum atomic E-state index is -0.0778. The Bertz CT molecular complexity index is 740. The summed E-state index contributed by atoms with van der Waals surface area (Å²) in [4.78, 5) is 25.7. The molecule has 0 atom stereocenters. The van der Waals surface area contributed by atoms with Gasteiger partial charge >= 0.3 is 0 Å². The van der Waals surface area contributed by atoms with Gasteiger partial charge in [-0.05, 0) is 41.3 Å². The maximum Gasteiger partial charge on any atom is 0.224 e. The Balaban J connectivity index is 1.89. The van der Waals surface area contributed by atoms with Gasteiger partial charge in [0.05, 0.1) is 6.42 Å². The van der Waals surface area contributed by atoms with Crippen LogP contribution in [0.25, 0.3) is 0 Å². The number of hydrogen-bond acceptors (Lipinski definition) is 2. The van der Waals surface area contributed by atoms with E-state index in [1.807, 2.05) is 36.4 Å². The number of carbonyl (C=O) groups is 2. The largest absolute Gasteiger partial charge is 0.354 e.